The minimum atomic E-state index is -0.810. The van der Waals surface area contributed by atoms with E-state index in [2.05, 4.69) is 0 Å². The molecular weight excluding hydrogens is 240 g/mol. The number of carbonyl (C=O) groups excluding carboxylic acids is 1. The van der Waals surface area contributed by atoms with Gasteiger partial charge in [-0.05, 0) is 37.3 Å². The van der Waals surface area contributed by atoms with Crippen molar-refractivity contribution in [1.29, 1.82) is 0 Å². The molecule has 1 fully saturated rings. The molecule has 1 aliphatic carbocycles. The molecule has 1 N–H and O–H groups in total. The van der Waals surface area contributed by atoms with Gasteiger partial charge in [-0.2, -0.15) is 0 Å². The van der Waals surface area contributed by atoms with Gasteiger partial charge in [0.05, 0.1) is 5.92 Å². The minimum absolute atomic E-state index is 0.163. The van der Waals surface area contributed by atoms with Crippen molar-refractivity contribution in [3.8, 4) is 0 Å². The van der Waals surface area contributed by atoms with Crippen LogP contribution in [0, 0.1) is 5.92 Å². The quantitative estimate of drug-likeness (QED) is 0.904. The maximum absolute atomic E-state index is 11.8. The van der Waals surface area contributed by atoms with Crippen molar-refractivity contribution in [3.05, 3.63) is 35.4 Å². The van der Waals surface area contributed by atoms with Crippen molar-refractivity contribution in [1.82, 2.24) is 0 Å². The van der Waals surface area contributed by atoms with Gasteiger partial charge in [0, 0.05) is 12.3 Å². The second kappa shape index (κ2) is 6.00. The van der Waals surface area contributed by atoms with E-state index in [1.165, 1.54) is 0 Å². The van der Waals surface area contributed by atoms with E-state index in [-0.39, 0.29) is 5.92 Å². The van der Waals surface area contributed by atoms with E-state index in [0.717, 1.165) is 43.2 Å². The number of rotatable bonds is 4. The van der Waals surface area contributed by atoms with E-state index in [1.54, 1.807) is 6.92 Å². The molecule has 0 spiro atoms. The first-order chi connectivity index (χ1) is 9.08. The van der Waals surface area contributed by atoms with Crippen LogP contribution in [-0.4, -0.2) is 16.9 Å². The molecule has 1 aromatic rings. The molecule has 0 heterocycles. The fraction of sp³-hybridized carbons (Fsp3) is 0.500. The Morgan fingerprint density at radius 3 is 2.58 bits per heavy atom. The molecule has 2 atom stereocenters. The van der Waals surface area contributed by atoms with Gasteiger partial charge in [-0.1, -0.05) is 30.7 Å². The number of ketones is 1. The van der Waals surface area contributed by atoms with Gasteiger partial charge < -0.3 is 5.11 Å². The molecule has 102 valence electrons. The van der Waals surface area contributed by atoms with Crippen molar-refractivity contribution < 1.29 is 14.7 Å². The third kappa shape index (κ3) is 3.43. The highest BCUT2D eigenvalue weighted by atomic mass is 16.4. The largest absolute Gasteiger partial charge is 0.481 e. The summed E-state index contributed by atoms with van der Waals surface area (Å²) in [5.41, 5.74) is 1.94. The zero-order chi connectivity index (χ0) is 13.8. The van der Waals surface area contributed by atoms with Crippen LogP contribution in [-0.2, 0) is 16.0 Å². The zero-order valence-corrected chi connectivity index (χ0v) is 11.3. The molecule has 2 rings (SSSR count). The van der Waals surface area contributed by atoms with Crippen LogP contribution in [0.4, 0.5) is 0 Å². The van der Waals surface area contributed by atoms with Gasteiger partial charge in [0.25, 0.3) is 0 Å². The highest BCUT2D eigenvalue weighted by Gasteiger charge is 2.22. The topological polar surface area (TPSA) is 54.4 Å². The first-order valence-corrected chi connectivity index (χ1v) is 6.92. The van der Waals surface area contributed by atoms with Crippen molar-refractivity contribution >= 4 is 11.8 Å². The van der Waals surface area contributed by atoms with Crippen molar-refractivity contribution in [2.45, 2.75) is 44.9 Å². The van der Waals surface area contributed by atoms with Gasteiger partial charge >= 0.3 is 5.97 Å². The normalized spacial score (nSPS) is 21.1. The summed E-state index contributed by atoms with van der Waals surface area (Å²) in [7, 11) is 0. The summed E-state index contributed by atoms with van der Waals surface area (Å²) in [6, 6.07) is 7.64. The van der Waals surface area contributed by atoms with Crippen LogP contribution in [0.5, 0.6) is 0 Å². The second-order valence-corrected chi connectivity index (χ2v) is 5.41. The molecule has 1 aromatic carbocycles. The lowest BCUT2D eigenvalue weighted by atomic mass is 9.83. The van der Waals surface area contributed by atoms with Gasteiger partial charge in [-0.25, -0.2) is 0 Å². The Morgan fingerprint density at radius 1 is 1.32 bits per heavy atom. The van der Waals surface area contributed by atoms with Crippen LogP contribution in [0.15, 0.2) is 24.3 Å². The van der Waals surface area contributed by atoms with Crippen LogP contribution in [0.1, 0.15) is 49.7 Å². The molecule has 1 aliphatic rings. The SMILES string of the molecule is C[C@@H](C(=O)O)c1ccc(C[C@H]2CCCCC2=O)cc1. The molecule has 3 nitrogen and oxygen atoms in total. The number of hydrogen-bond acceptors (Lipinski definition) is 2. The summed E-state index contributed by atoms with van der Waals surface area (Å²) >= 11 is 0. The number of Topliss-reactive ketones (excluding diaryl/α,β-unsaturated/α-hetero) is 1. The molecule has 3 heteroatoms. The van der Waals surface area contributed by atoms with E-state index < -0.39 is 11.9 Å². The molecular formula is C16H20O3. The summed E-state index contributed by atoms with van der Waals surface area (Å²) in [5, 5.41) is 8.96. The summed E-state index contributed by atoms with van der Waals surface area (Å²) in [5.74, 6) is -0.744. The van der Waals surface area contributed by atoms with Gasteiger partial charge in [0.2, 0.25) is 0 Å². The molecule has 0 unspecified atom stereocenters. The predicted molar refractivity (Wildman–Crippen MR) is 73.2 cm³/mol. The third-order valence-electron chi connectivity index (χ3n) is 4.01. The van der Waals surface area contributed by atoms with E-state index >= 15 is 0 Å². The van der Waals surface area contributed by atoms with Crippen molar-refractivity contribution in [2.24, 2.45) is 5.92 Å². The van der Waals surface area contributed by atoms with Crippen LogP contribution in [0.3, 0.4) is 0 Å². The summed E-state index contributed by atoms with van der Waals surface area (Å²) < 4.78 is 0. The minimum Gasteiger partial charge on any atom is -0.481 e. The lowest BCUT2D eigenvalue weighted by Gasteiger charge is -2.20. The highest BCUT2D eigenvalue weighted by Crippen LogP contribution is 2.25. The fourth-order valence-electron chi connectivity index (χ4n) is 2.64. The van der Waals surface area contributed by atoms with Gasteiger partial charge in [-0.3, -0.25) is 9.59 Å². The average molecular weight is 260 g/mol. The van der Waals surface area contributed by atoms with Crippen LogP contribution < -0.4 is 0 Å². The van der Waals surface area contributed by atoms with Crippen molar-refractivity contribution in [3.63, 3.8) is 0 Å². The zero-order valence-electron chi connectivity index (χ0n) is 11.3. The lowest BCUT2D eigenvalue weighted by Crippen LogP contribution is -2.21. The lowest BCUT2D eigenvalue weighted by molar-refractivity contribution is -0.138. The monoisotopic (exact) mass is 260 g/mol. The number of carboxylic acids is 1. The predicted octanol–water partition coefficient (Wildman–Crippen LogP) is 3.18. The third-order valence-corrected chi connectivity index (χ3v) is 4.01. The summed E-state index contributed by atoms with van der Waals surface area (Å²) in [6.07, 6.45) is 4.68. The highest BCUT2D eigenvalue weighted by molar-refractivity contribution is 5.81. The Labute approximate surface area is 113 Å². The number of hydrogen-bond donors (Lipinski definition) is 1. The molecule has 0 bridgehead atoms. The molecule has 0 aromatic heterocycles. The Morgan fingerprint density at radius 2 is 2.00 bits per heavy atom. The Hall–Kier alpha value is -1.64. The van der Waals surface area contributed by atoms with E-state index in [0.29, 0.717) is 5.78 Å². The smallest absolute Gasteiger partial charge is 0.310 e. The Kier molecular flexibility index (Phi) is 4.35. The molecule has 0 amide bonds. The van der Waals surface area contributed by atoms with Gasteiger partial charge in [0.1, 0.15) is 5.78 Å². The summed E-state index contributed by atoms with van der Waals surface area (Å²) in [4.78, 5) is 22.7. The maximum Gasteiger partial charge on any atom is 0.310 e. The number of carboxylic acid groups (broad SMARTS) is 1. The van der Waals surface area contributed by atoms with Crippen molar-refractivity contribution in [2.75, 3.05) is 0 Å². The first kappa shape index (κ1) is 13.8. The maximum atomic E-state index is 11.8. The van der Waals surface area contributed by atoms with E-state index in [9.17, 15) is 9.59 Å². The molecule has 0 radical (unpaired) electrons. The van der Waals surface area contributed by atoms with E-state index in [1.807, 2.05) is 24.3 Å². The van der Waals surface area contributed by atoms with Gasteiger partial charge in [-0.15, -0.1) is 0 Å². The molecule has 0 saturated heterocycles. The van der Waals surface area contributed by atoms with Crippen LogP contribution in [0.25, 0.3) is 0 Å². The first-order valence-electron chi connectivity index (χ1n) is 6.92. The Balaban J connectivity index is 2.02. The van der Waals surface area contributed by atoms with E-state index in [4.69, 9.17) is 5.11 Å². The number of benzene rings is 1. The second-order valence-electron chi connectivity index (χ2n) is 5.41. The van der Waals surface area contributed by atoms with Gasteiger partial charge in [0.15, 0.2) is 0 Å². The van der Waals surface area contributed by atoms with Crippen LogP contribution >= 0.6 is 0 Å². The number of carbonyl (C=O) groups is 2. The average Bonchev–Trinajstić information content (AvgIpc) is 2.41. The fourth-order valence-corrected chi connectivity index (χ4v) is 2.64. The molecule has 0 aliphatic heterocycles. The molecule has 1 saturated carbocycles. The number of aliphatic carboxylic acids is 1. The molecule has 19 heavy (non-hydrogen) atoms. The standard InChI is InChI=1S/C16H20O3/c1-11(16(18)19)13-8-6-12(7-9-13)10-14-4-2-3-5-15(14)17/h6-9,11,14H,2-5,10H2,1H3,(H,18,19)/t11-,14-/m1/s1. The van der Waals surface area contributed by atoms with Crippen LogP contribution in [0.2, 0.25) is 0 Å². The Bertz CT molecular complexity index is 461. The summed E-state index contributed by atoms with van der Waals surface area (Å²) in [6.45, 7) is 1.68.